The second-order valence-electron chi connectivity index (χ2n) is 2.60. The fourth-order valence-electron chi connectivity index (χ4n) is 0.892. The van der Waals surface area contributed by atoms with E-state index in [1.54, 1.807) is 6.92 Å². The third-order valence-corrected chi connectivity index (χ3v) is 1.52. The van der Waals surface area contributed by atoms with E-state index in [4.69, 9.17) is 0 Å². The standard InChI is InChI=1S/C6H14BF3NO/c1-3-11(4-5-12-2)6-7(8,9)10/h3-6H2,1-2H3/q-1. The Balaban J connectivity index is 3.67. The van der Waals surface area contributed by atoms with E-state index in [0.717, 1.165) is 0 Å². The number of nitrogens with zero attached hydrogens (tertiary/aromatic N) is 1. The highest BCUT2D eigenvalue weighted by atomic mass is 19.4. The predicted molar refractivity (Wildman–Crippen MR) is 43.1 cm³/mol. The molecule has 12 heavy (non-hydrogen) atoms. The summed E-state index contributed by atoms with van der Waals surface area (Å²) in [5, 5.41) is 0. The number of likely N-dealkylation sites (N-methyl/N-ethyl adjacent to an activating group) is 1. The van der Waals surface area contributed by atoms with Gasteiger partial charge >= 0.3 is 6.98 Å². The molecular formula is C6H14BF3NO-. The molecule has 74 valence electrons. The Bertz CT molecular complexity index is 120. The Kier molecular flexibility index (Phi) is 5.32. The van der Waals surface area contributed by atoms with Crippen molar-refractivity contribution in [3.63, 3.8) is 0 Å². The minimum Gasteiger partial charge on any atom is -0.448 e. The van der Waals surface area contributed by atoms with Crippen LogP contribution in [-0.4, -0.2) is 45.1 Å². The van der Waals surface area contributed by atoms with Gasteiger partial charge in [-0.1, -0.05) is 6.92 Å². The highest BCUT2D eigenvalue weighted by molar-refractivity contribution is 6.58. The molecule has 0 aromatic rings. The van der Waals surface area contributed by atoms with Crippen LogP contribution in [0.25, 0.3) is 0 Å². The fourth-order valence-corrected chi connectivity index (χ4v) is 0.892. The number of hydrogen-bond donors (Lipinski definition) is 0. The molecule has 0 fully saturated rings. The van der Waals surface area contributed by atoms with Crippen molar-refractivity contribution < 1.29 is 17.7 Å². The van der Waals surface area contributed by atoms with E-state index < -0.39 is 13.4 Å². The molecule has 0 aliphatic rings. The maximum absolute atomic E-state index is 11.9. The SMILES string of the molecule is CCN(CCOC)C[B-](F)(F)F. The smallest absolute Gasteiger partial charge is 0.448 e. The lowest BCUT2D eigenvalue weighted by Gasteiger charge is -2.25. The van der Waals surface area contributed by atoms with E-state index in [-0.39, 0.29) is 0 Å². The first-order valence-corrected chi connectivity index (χ1v) is 3.92. The van der Waals surface area contributed by atoms with E-state index in [9.17, 15) is 12.9 Å². The molecule has 0 bridgehead atoms. The topological polar surface area (TPSA) is 12.5 Å². The normalized spacial score (nSPS) is 12.5. The number of hydrogen-bond acceptors (Lipinski definition) is 2. The van der Waals surface area contributed by atoms with Crippen LogP contribution in [0.15, 0.2) is 0 Å². The van der Waals surface area contributed by atoms with Gasteiger partial charge in [-0.05, 0) is 13.0 Å². The van der Waals surface area contributed by atoms with Crippen molar-refractivity contribution in [1.82, 2.24) is 4.90 Å². The zero-order valence-corrected chi connectivity index (χ0v) is 7.40. The molecule has 0 rings (SSSR count). The van der Waals surface area contributed by atoms with Gasteiger partial charge < -0.3 is 22.6 Å². The molecule has 0 aromatic heterocycles. The van der Waals surface area contributed by atoms with Crippen molar-refractivity contribution in [2.24, 2.45) is 0 Å². The zero-order chi connectivity index (χ0) is 9.61. The summed E-state index contributed by atoms with van der Waals surface area (Å²) >= 11 is 0. The molecule has 0 saturated carbocycles. The number of rotatable bonds is 6. The van der Waals surface area contributed by atoms with Gasteiger partial charge in [0.2, 0.25) is 0 Å². The first kappa shape index (κ1) is 11.8. The Labute approximate surface area is 70.7 Å². The van der Waals surface area contributed by atoms with Crippen LogP contribution < -0.4 is 0 Å². The number of methoxy groups -OCH3 is 1. The highest BCUT2D eigenvalue weighted by Crippen LogP contribution is 2.09. The molecule has 0 amide bonds. The van der Waals surface area contributed by atoms with E-state index in [1.807, 2.05) is 0 Å². The molecule has 0 heterocycles. The van der Waals surface area contributed by atoms with Crippen LogP contribution >= 0.6 is 0 Å². The Morgan fingerprint density at radius 1 is 1.33 bits per heavy atom. The van der Waals surface area contributed by atoms with Gasteiger partial charge in [-0.15, -0.1) is 0 Å². The summed E-state index contributed by atoms with van der Waals surface area (Å²) in [6, 6.07) is 0. The van der Waals surface area contributed by atoms with Crippen LogP contribution in [0.1, 0.15) is 6.92 Å². The van der Waals surface area contributed by atoms with Crippen LogP contribution in [0.3, 0.4) is 0 Å². The molecule has 0 unspecified atom stereocenters. The molecule has 0 radical (unpaired) electrons. The first-order chi connectivity index (χ1) is 5.49. The van der Waals surface area contributed by atoms with Crippen LogP contribution in [0.5, 0.6) is 0 Å². The average Bonchev–Trinajstić information content (AvgIpc) is 1.95. The van der Waals surface area contributed by atoms with Crippen molar-refractivity contribution in [1.29, 1.82) is 0 Å². The lowest BCUT2D eigenvalue weighted by Crippen LogP contribution is -2.39. The third kappa shape index (κ3) is 6.48. The van der Waals surface area contributed by atoms with Gasteiger partial charge in [0.15, 0.2) is 0 Å². The summed E-state index contributed by atoms with van der Waals surface area (Å²) < 4.78 is 40.4. The van der Waals surface area contributed by atoms with Crippen molar-refractivity contribution >= 4 is 6.98 Å². The van der Waals surface area contributed by atoms with Gasteiger partial charge in [0.25, 0.3) is 0 Å². The summed E-state index contributed by atoms with van der Waals surface area (Å²) in [6.45, 7) is -1.90. The molecule has 2 nitrogen and oxygen atoms in total. The van der Waals surface area contributed by atoms with Gasteiger partial charge in [0, 0.05) is 13.7 Å². The minimum atomic E-state index is -4.70. The summed E-state index contributed by atoms with van der Waals surface area (Å²) in [5.41, 5.74) is 0. The van der Waals surface area contributed by atoms with E-state index in [1.165, 1.54) is 12.0 Å². The maximum atomic E-state index is 11.9. The average molecular weight is 184 g/mol. The van der Waals surface area contributed by atoms with Gasteiger partial charge in [-0.2, -0.15) is 0 Å². The number of ether oxygens (including phenoxy) is 1. The van der Waals surface area contributed by atoms with Crippen molar-refractivity contribution in [3.05, 3.63) is 0 Å². The number of halogens is 3. The molecule has 0 N–H and O–H groups in total. The van der Waals surface area contributed by atoms with Crippen LogP contribution in [-0.2, 0) is 4.74 Å². The van der Waals surface area contributed by atoms with Gasteiger partial charge in [-0.3, -0.25) is 0 Å². The third-order valence-electron chi connectivity index (χ3n) is 1.52. The summed E-state index contributed by atoms with van der Waals surface area (Å²) in [7, 11) is 1.48. The lowest BCUT2D eigenvalue weighted by atomic mass is 9.91. The van der Waals surface area contributed by atoms with E-state index >= 15 is 0 Å². The maximum Gasteiger partial charge on any atom is 0.492 e. The molecule has 0 atom stereocenters. The lowest BCUT2D eigenvalue weighted by molar-refractivity contribution is 0.155. The van der Waals surface area contributed by atoms with E-state index in [0.29, 0.717) is 19.7 Å². The summed E-state index contributed by atoms with van der Waals surface area (Å²) in [6.07, 6.45) is -0.792. The van der Waals surface area contributed by atoms with Gasteiger partial charge in [0.05, 0.1) is 6.61 Å². The fraction of sp³-hybridized carbons (Fsp3) is 1.00. The van der Waals surface area contributed by atoms with Crippen molar-refractivity contribution in [2.45, 2.75) is 6.92 Å². The predicted octanol–water partition coefficient (Wildman–Crippen LogP) is 1.34. The largest absolute Gasteiger partial charge is 0.492 e. The molecule has 0 aliphatic heterocycles. The Morgan fingerprint density at radius 2 is 1.92 bits per heavy atom. The van der Waals surface area contributed by atoms with Gasteiger partial charge in [0.1, 0.15) is 0 Å². The monoisotopic (exact) mass is 184 g/mol. The summed E-state index contributed by atoms with van der Waals surface area (Å²) in [4.78, 5) is 1.32. The van der Waals surface area contributed by atoms with Crippen LogP contribution in [0.4, 0.5) is 12.9 Å². The summed E-state index contributed by atoms with van der Waals surface area (Å²) in [5.74, 6) is 0. The van der Waals surface area contributed by atoms with Crippen molar-refractivity contribution in [2.75, 3.05) is 33.3 Å². The second kappa shape index (κ2) is 5.43. The molecule has 6 heteroatoms. The molecule has 0 spiro atoms. The highest BCUT2D eigenvalue weighted by Gasteiger charge is 2.25. The Morgan fingerprint density at radius 3 is 2.25 bits per heavy atom. The van der Waals surface area contributed by atoms with E-state index in [2.05, 4.69) is 4.74 Å². The first-order valence-electron chi connectivity index (χ1n) is 3.92. The molecule has 0 aliphatic carbocycles. The molecular weight excluding hydrogens is 170 g/mol. The van der Waals surface area contributed by atoms with Gasteiger partial charge in [-0.25, -0.2) is 0 Å². The van der Waals surface area contributed by atoms with Crippen molar-refractivity contribution in [3.8, 4) is 0 Å². The molecule has 0 saturated heterocycles. The minimum absolute atomic E-state index is 0.342. The quantitative estimate of drug-likeness (QED) is 0.577. The van der Waals surface area contributed by atoms with Crippen LogP contribution in [0.2, 0.25) is 0 Å². The van der Waals surface area contributed by atoms with Crippen LogP contribution in [0, 0.1) is 0 Å². The molecule has 0 aromatic carbocycles. The zero-order valence-electron chi connectivity index (χ0n) is 7.40. The Hall–Kier alpha value is -0.225. The second-order valence-corrected chi connectivity index (χ2v) is 2.60.